The summed E-state index contributed by atoms with van der Waals surface area (Å²) in [4.78, 5) is 15.4. The Kier molecular flexibility index (Phi) is 4.84. The van der Waals surface area contributed by atoms with Crippen molar-refractivity contribution in [1.29, 1.82) is 0 Å². The molecule has 0 aromatic carbocycles. The van der Waals surface area contributed by atoms with E-state index in [0.717, 1.165) is 18.7 Å². The molecule has 2 heterocycles. The van der Waals surface area contributed by atoms with E-state index in [1.807, 2.05) is 0 Å². The van der Waals surface area contributed by atoms with Crippen molar-refractivity contribution in [2.75, 3.05) is 29.5 Å². The summed E-state index contributed by atoms with van der Waals surface area (Å²) >= 11 is 0. The predicted octanol–water partition coefficient (Wildman–Crippen LogP) is 1.51. The molecule has 2 aromatic rings. The third kappa shape index (κ3) is 4.02. The van der Waals surface area contributed by atoms with Crippen LogP contribution in [0.15, 0.2) is 24.7 Å². The van der Waals surface area contributed by atoms with Crippen molar-refractivity contribution in [3.8, 4) is 0 Å². The van der Waals surface area contributed by atoms with Crippen molar-refractivity contribution in [2.24, 2.45) is 5.73 Å². The van der Waals surface area contributed by atoms with Gasteiger partial charge in [-0.05, 0) is 13.0 Å². The molecule has 0 aliphatic rings. The van der Waals surface area contributed by atoms with Gasteiger partial charge in [0.1, 0.15) is 5.82 Å². The molecule has 0 atom stereocenters. The minimum absolute atomic E-state index is 0.245. The van der Waals surface area contributed by atoms with Gasteiger partial charge >= 0.3 is 0 Å². The van der Waals surface area contributed by atoms with Crippen LogP contribution in [0.25, 0.3) is 4.85 Å². The second kappa shape index (κ2) is 7.02. The van der Waals surface area contributed by atoms with Crippen molar-refractivity contribution in [3.05, 3.63) is 36.1 Å². The number of nitrogens with zero attached hydrogens (tertiary/aromatic N) is 4. The summed E-state index contributed by atoms with van der Waals surface area (Å²) in [6, 6.07) is 1.79. The summed E-state index contributed by atoms with van der Waals surface area (Å²) in [5, 5.41) is 6.20. The number of hydrogen-bond acceptors (Lipinski definition) is 7. The first-order valence-electron chi connectivity index (χ1n) is 6.39. The van der Waals surface area contributed by atoms with E-state index in [-0.39, 0.29) is 5.82 Å². The molecule has 0 aliphatic heterocycles. The Morgan fingerprint density at radius 3 is 2.62 bits per heavy atom. The Morgan fingerprint density at radius 2 is 1.95 bits per heavy atom. The maximum absolute atomic E-state index is 6.83. The fourth-order valence-corrected chi connectivity index (χ4v) is 1.59. The van der Waals surface area contributed by atoms with Crippen LogP contribution in [0.2, 0.25) is 0 Å². The van der Waals surface area contributed by atoms with Gasteiger partial charge in [-0.2, -0.15) is 0 Å². The van der Waals surface area contributed by atoms with E-state index in [1.54, 1.807) is 12.3 Å². The number of pyridine rings is 1. The zero-order valence-corrected chi connectivity index (χ0v) is 11.4. The lowest BCUT2D eigenvalue weighted by atomic mass is 10.3. The Morgan fingerprint density at radius 1 is 1.14 bits per heavy atom. The van der Waals surface area contributed by atoms with E-state index in [1.165, 1.54) is 12.4 Å². The summed E-state index contributed by atoms with van der Waals surface area (Å²) in [5.41, 5.74) is 12.7. The molecule has 8 nitrogen and oxygen atoms in total. The molecule has 0 radical (unpaired) electrons. The van der Waals surface area contributed by atoms with Gasteiger partial charge in [0.25, 0.3) is 5.82 Å². The van der Waals surface area contributed by atoms with Gasteiger partial charge < -0.3 is 26.9 Å². The van der Waals surface area contributed by atoms with Crippen LogP contribution in [0.3, 0.4) is 0 Å². The molecular formula is C13H16N8. The van der Waals surface area contributed by atoms with Crippen molar-refractivity contribution in [1.82, 2.24) is 15.0 Å². The van der Waals surface area contributed by atoms with Crippen molar-refractivity contribution in [3.63, 3.8) is 0 Å². The molecule has 108 valence electrons. The molecule has 6 N–H and O–H groups in total. The maximum atomic E-state index is 6.83. The first-order valence-corrected chi connectivity index (χ1v) is 6.39. The molecule has 0 unspecified atom stereocenters. The predicted molar refractivity (Wildman–Crippen MR) is 82.4 cm³/mol. The highest BCUT2D eigenvalue weighted by molar-refractivity contribution is 5.70. The molecule has 0 spiro atoms. The van der Waals surface area contributed by atoms with Gasteiger partial charge in [-0.3, -0.25) is 0 Å². The van der Waals surface area contributed by atoms with Crippen LogP contribution in [0.1, 0.15) is 6.42 Å². The molecule has 0 saturated heterocycles. The highest BCUT2D eigenvalue weighted by Crippen LogP contribution is 2.22. The molecule has 0 aliphatic carbocycles. The largest absolute Gasteiger partial charge is 0.396 e. The Bertz CT molecular complexity index is 632. The molecular weight excluding hydrogens is 268 g/mol. The monoisotopic (exact) mass is 284 g/mol. The third-order valence-corrected chi connectivity index (χ3v) is 2.64. The number of nitrogen functional groups attached to an aromatic ring is 1. The Hall–Kier alpha value is -2.92. The number of nitrogens with two attached hydrogens (primary N) is 2. The second-order valence-electron chi connectivity index (χ2n) is 4.22. The standard InChI is InChI=1S/C13H16N8/c1-16-12-7-20-13(8-19-12)21-11-5-10(9(15)6-18-11)17-4-2-3-14/h5-8H,2-4,14-15H2,(H2,17,18,20,21). The lowest BCUT2D eigenvalue weighted by Gasteiger charge is -2.10. The van der Waals surface area contributed by atoms with Crippen molar-refractivity contribution >= 4 is 28.8 Å². The summed E-state index contributed by atoms with van der Waals surface area (Å²) in [6.07, 6.45) is 5.29. The lowest BCUT2D eigenvalue weighted by molar-refractivity contribution is 0.874. The maximum Gasteiger partial charge on any atom is 0.288 e. The first-order chi connectivity index (χ1) is 10.2. The van der Waals surface area contributed by atoms with Gasteiger partial charge in [-0.1, -0.05) is 6.57 Å². The summed E-state index contributed by atoms with van der Waals surface area (Å²) in [6.45, 7) is 8.18. The molecule has 0 amide bonds. The van der Waals surface area contributed by atoms with E-state index < -0.39 is 0 Å². The minimum Gasteiger partial charge on any atom is -0.396 e. The van der Waals surface area contributed by atoms with Gasteiger partial charge in [0, 0.05) is 12.6 Å². The van der Waals surface area contributed by atoms with Gasteiger partial charge in [-0.15, -0.1) is 4.98 Å². The number of hydrogen-bond donors (Lipinski definition) is 4. The molecule has 8 heteroatoms. The Labute approximate surface area is 122 Å². The third-order valence-electron chi connectivity index (χ3n) is 2.64. The molecule has 0 fully saturated rings. The molecule has 2 aromatic heterocycles. The van der Waals surface area contributed by atoms with E-state index >= 15 is 0 Å². The fraction of sp³-hybridized carbons (Fsp3) is 0.231. The van der Waals surface area contributed by atoms with E-state index in [4.69, 9.17) is 18.0 Å². The zero-order chi connectivity index (χ0) is 15.1. The van der Waals surface area contributed by atoms with Crippen LogP contribution in [0.5, 0.6) is 0 Å². The van der Waals surface area contributed by atoms with Crippen LogP contribution in [-0.2, 0) is 0 Å². The summed E-state index contributed by atoms with van der Waals surface area (Å²) < 4.78 is 0. The van der Waals surface area contributed by atoms with E-state index in [0.29, 0.717) is 23.9 Å². The molecule has 0 saturated carbocycles. The smallest absolute Gasteiger partial charge is 0.288 e. The molecule has 21 heavy (non-hydrogen) atoms. The number of anilines is 4. The van der Waals surface area contributed by atoms with Crippen molar-refractivity contribution < 1.29 is 0 Å². The number of aromatic nitrogens is 3. The number of nitrogens with one attached hydrogen (secondary N) is 2. The van der Waals surface area contributed by atoms with E-state index in [2.05, 4.69) is 30.4 Å². The topological polar surface area (TPSA) is 119 Å². The average molecular weight is 284 g/mol. The van der Waals surface area contributed by atoms with Gasteiger partial charge in [0.2, 0.25) is 0 Å². The first kappa shape index (κ1) is 14.5. The molecule has 2 rings (SSSR count). The van der Waals surface area contributed by atoms with Gasteiger partial charge in [0.05, 0.1) is 23.8 Å². The summed E-state index contributed by atoms with van der Waals surface area (Å²) in [7, 11) is 0. The van der Waals surface area contributed by atoms with Crippen LogP contribution >= 0.6 is 0 Å². The van der Waals surface area contributed by atoms with Crippen molar-refractivity contribution in [2.45, 2.75) is 6.42 Å². The normalized spacial score (nSPS) is 9.90. The number of rotatable bonds is 6. The highest BCUT2D eigenvalue weighted by atomic mass is 15.1. The van der Waals surface area contributed by atoms with Crippen LogP contribution in [-0.4, -0.2) is 28.0 Å². The summed E-state index contributed by atoms with van der Waals surface area (Å²) in [5.74, 6) is 1.34. The van der Waals surface area contributed by atoms with Gasteiger partial charge in [0.15, 0.2) is 12.0 Å². The average Bonchev–Trinajstić information content (AvgIpc) is 2.51. The van der Waals surface area contributed by atoms with Crippen LogP contribution in [0, 0.1) is 6.57 Å². The Balaban J connectivity index is 2.09. The SMILES string of the molecule is [C-]#[N+]c1cnc(Nc2cc(NCCCN)c(N)cn2)cn1. The van der Waals surface area contributed by atoms with Crippen LogP contribution in [0.4, 0.5) is 28.8 Å². The van der Waals surface area contributed by atoms with Gasteiger partial charge in [-0.25, -0.2) is 9.97 Å². The second-order valence-corrected chi connectivity index (χ2v) is 4.22. The molecule has 0 bridgehead atoms. The van der Waals surface area contributed by atoms with E-state index in [9.17, 15) is 0 Å². The highest BCUT2D eigenvalue weighted by Gasteiger charge is 2.04. The van der Waals surface area contributed by atoms with Crippen LogP contribution < -0.4 is 22.1 Å². The zero-order valence-electron chi connectivity index (χ0n) is 11.4. The minimum atomic E-state index is 0.245. The lowest BCUT2D eigenvalue weighted by Crippen LogP contribution is -2.10. The fourth-order valence-electron chi connectivity index (χ4n) is 1.59. The quantitative estimate of drug-likeness (QED) is 0.469.